The van der Waals surface area contributed by atoms with Gasteiger partial charge in [0.1, 0.15) is 16.5 Å². The summed E-state index contributed by atoms with van der Waals surface area (Å²) in [5, 5.41) is 4.00. The summed E-state index contributed by atoms with van der Waals surface area (Å²) in [6.45, 7) is 1.89. The van der Waals surface area contributed by atoms with E-state index in [0.717, 1.165) is 53.5 Å². The van der Waals surface area contributed by atoms with Crippen molar-refractivity contribution in [2.45, 2.75) is 24.6 Å². The number of ether oxygens (including phenoxy) is 1. The highest BCUT2D eigenvalue weighted by molar-refractivity contribution is 7.96. The monoisotopic (exact) mass is 515 g/mol. The topological polar surface area (TPSA) is 84.7 Å². The molecule has 3 N–H and O–H groups in total. The summed E-state index contributed by atoms with van der Waals surface area (Å²) in [6.07, 6.45) is 3.44. The molecule has 0 saturated carbocycles. The predicted molar refractivity (Wildman–Crippen MR) is 142 cm³/mol. The molecule has 2 aromatic carbocycles. The van der Waals surface area contributed by atoms with E-state index in [-0.39, 0.29) is 12.4 Å². The Labute approximate surface area is 212 Å². The van der Waals surface area contributed by atoms with Crippen molar-refractivity contribution in [3.8, 4) is 16.2 Å². The van der Waals surface area contributed by atoms with Crippen LogP contribution < -0.4 is 15.8 Å². The fraction of sp³-hybridized carbons (Fsp3) is 0.280. The molecule has 1 aliphatic rings. The lowest BCUT2D eigenvalue weighted by Gasteiger charge is -2.32. The van der Waals surface area contributed by atoms with Crippen LogP contribution in [0.2, 0.25) is 5.02 Å². The molecule has 1 saturated heterocycles. The average molecular weight is 516 g/mol. The molecule has 1 fully saturated rings. The highest BCUT2D eigenvalue weighted by Gasteiger charge is 2.21. The number of piperidine rings is 1. The zero-order valence-electron chi connectivity index (χ0n) is 18.5. The molecule has 1 aliphatic heterocycles. The number of hydrogen-bond donors (Lipinski definition) is 2. The third-order valence-corrected chi connectivity index (χ3v) is 8.36. The largest absolute Gasteiger partial charge is 0.483 e. The second-order valence-electron chi connectivity index (χ2n) is 7.98. The summed E-state index contributed by atoms with van der Waals surface area (Å²) in [5.41, 5.74) is 9.84. The zero-order chi connectivity index (χ0) is 23.9. The van der Waals surface area contributed by atoms with E-state index < -0.39 is 0 Å². The van der Waals surface area contributed by atoms with Gasteiger partial charge in [0, 0.05) is 36.3 Å². The fourth-order valence-electron chi connectivity index (χ4n) is 3.89. The highest BCUT2D eigenvalue weighted by atomic mass is 35.5. The normalized spacial score (nSPS) is 14.6. The van der Waals surface area contributed by atoms with Crippen molar-refractivity contribution in [2.75, 3.05) is 30.7 Å². The van der Waals surface area contributed by atoms with Crippen LogP contribution >= 0.6 is 34.9 Å². The van der Waals surface area contributed by atoms with Gasteiger partial charge in [0.05, 0.1) is 4.88 Å². The highest BCUT2D eigenvalue weighted by Crippen LogP contribution is 2.45. The molecule has 0 bridgehead atoms. The molecule has 4 rings (SSSR count). The van der Waals surface area contributed by atoms with Gasteiger partial charge in [-0.3, -0.25) is 13.9 Å². The molecule has 0 radical (unpaired) electrons. The Morgan fingerprint density at radius 2 is 1.97 bits per heavy atom. The minimum absolute atomic E-state index is 0.144. The molecule has 6 nitrogen and oxygen atoms in total. The van der Waals surface area contributed by atoms with Crippen LogP contribution in [0.3, 0.4) is 0 Å². The standard InChI is InChI=1S/C25H26ClN3O3S2/c26-23-24(32-12-11-30)22(15-31)34-25(23)18-4-2-6-21(14-18)28-20-7-9-29(10-8-20)33-16-17-3-1-5-19(27)13-17/h1-6,11,13-15,20,28H,7-10,12,16,27H2. The number of benzene rings is 2. The van der Waals surface area contributed by atoms with Gasteiger partial charge in [-0.15, -0.1) is 11.3 Å². The summed E-state index contributed by atoms with van der Waals surface area (Å²) >= 11 is 9.61. The average Bonchev–Trinajstić information content (AvgIpc) is 3.17. The maximum Gasteiger partial charge on any atom is 0.163 e. The van der Waals surface area contributed by atoms with Gasteiger partial charge in [0.2, 0.25) is 0 Å². The van der Waals surface area contributed by atoms with Crippen LogP contribution in [-0.4, -0.2) is 42.6 Å². The van der Waals surface area contributed by atoms with Crippen LogP contribution in [0.25, 0.3) is 10.4 Å². The van der Waals surface area contributed by atoms with Crippen molar-refractivity contribution in [3.63, 3.8) is 0 Å². The summed E-state index contributed by atoms with van der Waals surface area (Å²) in [6, 6.07) is 16.4. The Kier molecular flexibility index (Phi) is 8.50. The summed E-state index contributed by atoms with van der Waals surface area (Å²) in [7, 11) is 0. The minimum atomic E-state index is -0.144. The first kappa shape index (κ1) is 24.6. The predicted octanol–water partition coefficient (Wildman–Crippen LogP) is 5.77. The summed E-state index contributed by atoms with van der Waals surface area (Å²) in [4.78, 5) is 23.2. The van der Waals surface area contributed by atoms with Gasteiger partial charge < -0.3 is 15.8 Å². The van der Waals surface area contributed by atoms with E-state index in [4.69, 9.17) is 22.1 Å². The number of hydrogen-bond acceptors (Lipinski definition) is 8. The number of aldehydes is 2. The molecule has 3 aromatic rings. The van der Waals surface area contributed by atoms with Crippen molar-refractivity contribution < 1.29 is 14.3 Å². The van der Waals surface area contributed by atoms with Crippen LogP contribution in [0.15, 0.2) is 48.5 Å². The second-order valence-corrected chi connectivity index (χ2v) is 10.5. The van der Waals surface area contributed by atoms with Crippen LogP contribution in [0, 0.1) is 0 Å². The number of nitrogen functional groups attached to an aromatic ring is 1. The molecule has 0 unspecified atom stereocenters. The Balaban J connectivity index is 1.35. The van der Waals surface area contributed by atoms with Crippen LogP contribution in [0.1, 0.15) is 28.1 Å². The van der Waals surface area contributed by atoms with E-state index in [2.05, 4.69) is 15.7 Å². The molecule has 9 heteroatoms. The molecule has 0 atom stereocenters. The molecule has 34 heavy (non-hydrogen) atoms. The van der Waals surface area contributed by atoms with Crippen LogP contribution in [0.5, 0.6) is 5.75 Å². The van der Waals surface area contributed by atoms with Crippen molar-refractivity contribution >= 4 is 58.8 Å². The number of nitrogens with two attached hydrogens (primary N) is 1. The van der Waals surface area contributed by atoms with Crippen molar-refractivity contribution in [1.82, 2.24) is 4.31 Å². The smallest absolute Gasteiger partial charge is 0.163 e. The number of anilines is 2. The van der Waals surface area contributed by atoms with Gasteiger partial charge in [-0.25, -0.2) is 0 Å². The van der Waals surface area contributed by atoms with Crippen LogP contribution in [0.4, 0.5) is 11.4 Å². The van der Waals surface area contributed by atoms with Crippen molar-refractivity contribution in [3.05, 3.63) is 64.0 Å². The summed E-state index contributed by atoms with van der Waals surface area (Å²) in [5.74, 6) is 1.19. The number of halogens is 1. The second kappa shape index (κ2) is 11.8. The fourth-order valence-corrected chi connectivity index (χ4v) is 6.26. The van der Waals surface area contributed by atoms with E-state index in [9.17, 15) is 9.59 Å². The Morgan fingerprint density at radius 1 is 1.18 bits per heavy atom. The van der Waals surface area contributed by atoms with Gasteiger partial charge in [0.15, 0.2) is 18.3 Å². The first-order chi connectivity index (χ1) is 16.6. The van der Waals surface area contributed by atoms with E-state index >= 15 is 0 Å². The van der Waals surface area contributed by atoms with Gasteiger partial charge in [-0.2, -0.15) is 0 Å². The minimum Gasteiger partial charge on any atom is -0.483 e. The lowest BCUT2D eigenvalue weighted by molar-refractivity contribution is -0.109. The third kappa shape index (κ3) is 6.13. The van der Waals surface area contributed by atoms with Gasteiger partial charge in [0.25, 0.3) is 0 Å². The molecular formula is C25H26ClN3O3S2. The number of carbonyl (C=O) groups is 2. The van der Waals surface area contributed by atoms with Crippen molar-refractivity contribution in [1.29, 1.82) is 0 Å². The SMILES string of the molecule is Nc1cccc(CSN2CCC(Nc3cccc(-c4sc(C=O)c(OCC=O)c4Cl)c3)CC2)c1. The van der Waals surface area contributed by atoms with Crippen LogP contribution in [-0.2, 0) is 10.5 Å². The molecular weight excluding hydrogens is 490 g/mol. The number of nitrogens with zero attached hydrogens (tertiary/aromatic N) is 1. The van der Waals surface area contributed by atoms with Gasteiger partial charge >= 0.3 is 0 Å². The molecule has 0 spiro atoms. The Morgan fingerprint density at radius 3 is 2.71 bits per heavy atom. The Bertz CT molecular complexity index is 1150. The maximum atomic E-state index is 11.4. The van der Waals surface area contributed by atoms with Crippen molar-refractivity contribution in [2.24, 2.45) is 0 Å². The van der Waals surface area contributed by atoms with Gasteiger partial charge in [-0.1, -0.05) is 47.8 Å². The lowest BCUT2D eigenvalue weighted by atomic mass is 10.1. The number of nitrogens with one attached hydrogen (secondary N) is 1. The first-order valence-electron chi connectivity index (χ1n) is 11.0. The maximum absolute atomic E-state index is 11.4. The quantitative estimate of drug-likeness (QED) is 0.201. The molecule has 0 amide bonds. The zero-order valence-corrected chi connectivity index (χ0v) is 20.9. The number of thiophene rings is 1. The molecule has 178 valence electrons. The molecule has 0 aliphatic carbocycles. The molecule has 2 heterocycles. The summed E-state index contributed by atoms with van der Waals surface area (Å²) < 4.78 is 7.80. The van der Waals surface area contributed by atoms with E-state index in [1.807, 2.05) is 54.4 Å². The van der Waals surface area contributed by atoms with Gasteiger partial charge in [-0.05, 0) is 48.2 Å². The third-order valence-electron chi connectivity index (χ3n) is 5.55. The molecule has 1 aromatic heterocycles. The number of carbonyl (C=O) groups excluding carboxylic acids is 2. The first-order valence-corrected chi connectivity index (χ1v) is 13.1. The number of rotatable bonds is 10. The lowest BCUT2D eigenvalue weighted by Crippen LogP contribution is -2.35. The Hall–Kier alpha value is -2.52. The van der Waals surface area contributed by atoms with E-state index in [1.165, 1.54) is 16.9 Å². The van der Waals surface area contributed by atoms with E-state index in [0.29, 0.717) is 28.5 Å². The van der Waals surface area contributed by atoms with E-state index in [1.54, 1.807) is 0 Å².